The number of carbonyl (C=O) groups excluding carboxylic acids is 1. The lowest BCUT2D eigenvalue weighted by atomic mass is 9.93. The number of pyridine rings is 1. The van der Waals surface area contributed by atoms with E-state index in [1.54, 1.807) is 25.4 Å². The molecule has 154 valence electrons. The van der Waals surface area contributed by atoms with Crippen LogP contribution in [0.3, 0.4) is 0 Å². The molecule has 2 N–H and O–H groups in total. The second kappa shape index (κ2) is 7.85. The molecule has 2 aromatic rings. The van der Waals surface area contributed by atoms with E-state index in [0.717, 1.165) is 18.5 Å². The minimum Gasteiger partial charge on any atom is -0.493 e. The summed E-state index contributed by atoms with van der Waals surface area (Å²) in [5, 5.41) is 8.11. The van der Waals surface area contributed by atoms with Crippen LogP contribution in [0.25, 0.3) is 0 Å². The molecule has 2 aliphatic rings. The zero-order chi connectivity index (χ0) is 20.4. The average molecular weight is 397 g/mol. The highest BCUT2D eigenvalue weighted by Crippen LogP contribution is 2.45. The number of carbonyl (C=O) groups is 1. The molecule has 2 aromatic heterocycles. The van der Waals surface area contributed by atoms with Crippen molar-refractivity contribution >= 4 is 11.7 Å². The van der Waals surface area contributed by atoms with Crippen LogP contribution in [0, 0.1) is 5.41 Å². The van der Waals surface area contributed by atoms with Crippen LogP contribution < -0.4 is 15.2 Å². The van der Waals surface area contributed by atoms with E-state index in [1.807, 2.05) is 11.0 Å². The summed E-state index contributed by atoms with van der Waals surface area (Å²) in [4.78, 5) is 19.1. The number of hydrogen-bond donors (Lipinski definition) is 1. The van der Waals surface area contributed by atoms with Crippen LogP contribution in [0.2, 0.25) is 0 Å². The number of hydrogen-bond acceptors (Lipinski definition) is 7. The number of methoxy groups -OCH3 is 1. The van der Waals surface area contributed by atoms with Gasteiger partial charge in [0.05, 0.1) is 25.6 Å². The number of nitrogens with zero attached hydrogens (tertiary/aromatic N) is 4. The SMILES string of the molecule is COc1cc(C(=O)N2CCC(c3ccc(N)nn3)CC2)ncc1OCC1(C)CC1. The Bertz CT molecular complexity index is 874. The first-order valence-electron chi connectivity index (χ1n) is 10.0. The molecule has 0 unspecified atom stereocenters. The van der Waals surface area contributed by atoms with Crippen LogP contribution in [0.5, 0.6) is 11.5 Å². The fourth-order valence-electron chi connectivity index (χ4n) is 3.53. The number of anilines is 1. The van der Waals surface area contributed by atoms with E-state index in [1.165, 1.54) is 12.8 Å². The molecule has 29 heavy (non-hydrogen) atoms. The van der Waals surface area contributed by atoms with Gasteiger partial charge < -0.3 is 20.1 Å². The van der Waals surface area contributed by atoms with Gasteiger partial charge in [0.15, 0.2) is 11.5 Å². The van der Waals surface area contributed by atoms with Gasteiger partial charge in [0.25, 0.3) is 5.91 Å². The van der Waals surface area contributed by atoms with Gasteiger partial charge in [0, 0.05) is 30.5 Å². The first-order valence-corrected chi connectivity index (χ1v) is 10.0. The van der Waals surface area contributed by atoms with Gasteiger partial charge in [-0.15, -0.1) is 5.10 Å². The summed E-state index contributed by atoms with van der Waals surface area (Å²) in [7, 11) is 1.58. The highest BCUT2D eigenvalue weighted by atomic mass is 16.5. The molecule has 0 aromatic carbocycles. The Hall–Kier alpha value is -2.90. The van der Waals surface area contributed by atoms with Crippen molar-refractivity contribution in [3.8, 4) is 11.5 Å². The number of nitrogen functional groups attached to an aromatic ring is 1. The van der Waals surface area contributed by atoms with E-state index in [4.69, 9.17) is 15.2 Å². The minimum absolute atomic E-state index is 0.0918. The minimum atomic E-state index is -0.0918. The first kappa shape index (κ1) is 19.4. The molecule has 1 saturated heterocycles. The van der Waals surface area contributed by atoms with Crippen molar-refractivity contribution in [3.05, 3.63) is 35.8 Å². The maximum Gasteiger partial charge on any atom is 0.272 e. The molecule has 1 aliphatic heterocycles. The number of likely N-dealkylation sites (tertiary alicyclic amines) is 1. The maximum absolute atomic E-state index is 12.9. The van der Waals surface area contributed by atoms with Crippen LogP contribution in [-0.2, 0) is 0 Å². The smallest absolute Gasteiger partial charge is 0.272 e. The Balaban J connectivity index is 1.38. The molecule has 1 amide bonds. The molecule has 8 nitrogen and oxygen atoms in total. The standard InChI is InChI=1S/C21H27N5O3/c1-21(7-8-21)13-29-18-12-23-16(11-17(18)28-2)20(27)26-9-5-14(6-10-26)15-3-4-19(22)25-24-15/h3-4,11-12,14H,5-10,13H2,1-2H3,(H2,22,25). The van der Waals surface area contributed by atoms with E-state index >= 15 is 0 Å². The van der Waals surface area contributed by atoms with Crippen LogP contribution in [0.15, 0.2) is 24.4 Å². The number of amides is 1. The number of aromatic nitrogens is 3. The summed E-state index contributed by atoms with van der Waals surface area (Å²) in [5.41, 5.74) is 7.17. The molecule has 0 radical (unpaired) electrons. The summed E-state index contributed by atoms with van der Waals surface area (Å²) in [6, 6.07) is 5.35. The molecule has 2 fully saturated rings. The summed E-state index contributed by atoms with van der Waals surface area (Å²) in [6.45, 7) is 4.14. The third-order valence-electron chi connectivity index (χ3n) is 5.86. The second-order valence-corrected chi connectivity index (χ2v) is 8.27. The molecule has 1 saturated carbocycles. The summed E-state index contributed by atoms with van der Waals surface area (Å²) in [5.74, 6) is 1.73. The van der Waals surface area contributed by atoms with Crippen molar-refractivity contribution < 1.29 is 14.3 Å². The number of piperidine rings is 1. The fourth-order valence-corrected chi connectivity index (χ4v) is 3.53. The number of ether oxygens (including phenoxy) is 2. The van der Waals surface area contributed by atoms with Gasteiger partial charge in [0.2, 0.25) is 0 Å². The zero-order valence-corrected chi connectivity index (χ0v) is 16.9. The zero-order valence-electron chi connectivity index (χ0n) is 16.9. The Morgan fingerprint density at radius 2 is 2.00 bits per heavy atom. The molecule has 0 atom stereocenters. The first-order chi connectivity index (χ1) is 14.0. The fraction of sp³-hybridized carbons (Fsp3) is 0.524. The predicted molar refractivity (Wildman–Crippen MR) is 108 cm³/mol. The summed E-state index contributed by atoms with van der Waals surface area (Å²) in [6.07, 6.45) is 5.62. The molecule has 4 rings (SSSR count). The topological polar surface area (TPSA) is 103 Å². The Morgan fingerprint density at radius 3 is 2.62 bits per heavy atom. The summed E-state index contributed by atoms with van der Waals surface area (Å²) < 4.78 is 11.3. The van der Waals surface area contributed by atoms with Gasteiger partial charge >= 0.3 is 0 Å². The van der Waals surface area contributed by atoms with Crippen LogP contribution in [0.4, 0.5) is 5.82 Å². The Kier molecular flexibility index (Phi) is 5.25. The van der Waals surface area contributed by atoms with E-state index in [0.29, 0.717) is 42.7 Å². The van der Waals surface area contributed by atoms with Crippen molar-refractivity contribution in [2.75, 3.05) is 32.5 Å². The predicted octanol–water partition coefficient (Wildman–Crippen LogP) is 2.66. The van der Waals surface area contributed by atoms with Gasteiger partial charge in [-0.05, 0) is 37.8 Å². The van der Waals surface area contributed by atoms with Crippen LogP contribution in [0.1, 0.15) is 54.7 Å². The van der Waals surface area contributed by atoms with Crippen molar-refractivity contribution in [1.29, 1.82) is 0 Å². The van der Waals surface area contributed by atoms with Crippen LogP contribution >= 0.6 is 0 Å². The Morgan fingerprint density at radius 1 is 1.24 bits per heavy atom. The van der Waals surface area contributed by atoms with Crippen molar-refractivity contribution in [1.82, 2.24) is 20.1 Å². The molecule has 3 heterocycles. The highest BCUT2D eigenvalue weighted by molar-refractivity contribution is 5.93. The number of nitrogens with two attached hydrogens (primary N) is 1. The van der Waals surface area contributed by atoms with E-state index < -0.39 is 0 Å². The van der Waals surface area contributed by atoms with Gasteiger partial charge in [-0.25, -0.2) is 4.98 Å². The maximum atomic E-state index is 12.9. The molecule has 0 bridgehead atoms. The molecule has 1 aliphatic carbocycles. The normalized spacial score (nSPS) is 18.3. The molecule has 8 heteroatoms. The lowest BCUT2D eigenvalue weighted by Crippen LogP contribution is -2.38. The van der Waals surface area contributed by atoms with Crippen molar-refractivity contribution in [2.24, 2.45) is 5.41 Å². The molecular formula is C21H27N5O3. The quantitative estimate of drug-likeness (QED) is 0.799. The van der Waals surface area contributed by atoms with E-state index in [2.05, 4.69) is 22.1 Å². The van der Waals surface area contributed by atoms with Gasteiger partial charge in [-0.3, -0.25) is 4.79 Å². The lowest BCUT2D eigenvalue weighted by Gasteiger charge is -2.31. The van der Waals surface area contributed by atoms with Gasteiger partial charge in [-0.2, -0.15) is 5.10 Å². The van der Waals surface area contributed by atoms with Gasteiger partial charge in [0.1, 0.15) is 11.5 Å². The molecule has 0 spiro atoms. The van der Waals surface area contributed by atoms with Gasteiger partial charge in [-0.1, -0.05) is 6.92 Å². The Labute approximate surface area is 170 Å². The third kappa shape index (κ3) is 4.41. The molecular weight excluding hydrogens is 370 g/mol. The van der Waals surface area contributed by atoms with Crippen molar-refractivity contribution in [3.63, 3.8) is 0 Å². The summed E-state index contributed by atoms with van der Waals surface area (Å²) >= 11 is 0. The van der Waals surface area contributed by atoms with Crippen molar-refractivity contribution in [2.45, 2.75) is 38.5 Å². The van der Waals surface area contributed by atoms with E-state index in [9.17, 15) is 4.79 Å². The van der Waals surface area contributed by atoms with E-state index in [-0.39, 0.29) is 17.2 Å². The highest BCUT2D eigenvalue weighted by Gasteiger charge is 2.38. The average Bonchev–Trinajstić information content (AvgIpc) is 3.50. The lowest BCUT2D eigenvalue weighted by molar-refractivity contribution is 0.0705. The van der Waals surface area contributed by atoms with Crippen LogP contribution in [-0.4, -0.2) is 52.8 Å². The third-order valence-corrected chi connectivity index (χ3v) is 5.86. The second-order valence-electron chi connectivity index (χ2n) is 8.27. The largest absolute Gasteiger partial charge is 0.493 e. The number of rotatable bonds is 6. The monoisotopic (exact) mass is 397 g/mol.